The zero-order chi connectivity index (χ0) is 17.6. The molecule has 0 spiro atoms. The fraction of sp³-hybridized carbons (Fsp3) is 0.286. The first-order chi connectivity index (χ1) is 12.2. The van der Waals surface area contributed by atoms with E-state index in [1.807, 2.05) is 18.2 Å². The van der Waals surface area contributed by atoms with Crippen LogP contribution in [-0.4, -0.2) is 25.1 Å². The maximum absolute atomic E-state index is 11.2. The molecule has 0 atom stereocenters. The zero-order valence-corrected chi connectivity index (χ0v) is 14.3. The summed E-state index contributed by atoms with van der Waals surface area (Å²) in [6.45, 7) is 0.400. The molecule has 130 valence electrons. The predicted octanol–water partition coefficient (Wildman–Crippen LogP) is 4.62. The number of ether oxygens (including phenoxy) is 2. The minimum absolute atomic E-state index is 0.0601. The van der Waals surface area contributed by atoms with E-state index in [4.69, 9.17) is 9.47 Å². The highest BCUT2D eigenvalue weighted by Gasteiger charge is 2.18. The second kappa shape index (κ2) is 7.88. The van der Waals surface area contributed by atoms with Crippen molar-refractivity contribution in [2.75, 3.05) is 13.7 Å². The smallest absolute Gasteiger partial charge is 0.157 e. The van der Waals surface area contributed by atoms with Gasteiger partial charge in [0.15, 0.2) is 6.29 Å². The van der Waals surface area contributed by atoms with Gasteiger partial charge in [-0.1, -0.05) is 24.3 Å². The topological polar surface area (TPSA) is 55.8 Å². The summed E-state index contributed by atoms with van der Waals surface area (Å²) in [5.74, 6) is 1.21. The van der Waals surface area contributed by atoms with Crippen LogP contribution >= 0.6 is 0 Å². The number of hydrogen-bond donors (Lipinski definition) is 1. The highest BCUT2D eigenvalue weighted by molar-refractivity contribution is 5.83. The molecule has 0 heterocycles. The number of phenolic OH excluding ortho intramolecular Hbond substituents is 1. The fourth-order valence-corrected chi connectivity index (χ4v) is 3.29. The molecule has 4 nitrogen and oxygen atoms in total. The average molecular weight is 338 g/mol. The van der Waals surface area contributed by atoms with Gasteiger partial charge in [-0.25, -0.2) is 0 Å². The van der Waals surface area contributed by atoms with Crippen molar-refractivity contribution in [1.29, 1.82) is 0 Å². The number of aromatic hydroxyl groups is 1. The molecule has 0 fully saturated rings. The van der Waals surface area contributed by atoms with Gasteiger partial charge >= 0.3 is 0 Å². The molecular formula is C21H22O4. The molecule has 0 saturated carbocycles. The summed E-state index contributed by atoms with van der Waals surface area (Å²) in [4.78, 5) is 11.2. The van der Waals surface area contributed by atoms with Gasteiger partial charge in [0.1, 0.15) is 23.9 Å². The number of phenols is 1. The lowest BCUT2D eigenvalue weighted by Crippen LogP contribution is -2.09. The predicted molar refractivity (Wildman–Crippen MR) is 97.4 cm³/mol. The summed E-state index contributed by atoms with van der Waals surface area (Å²) in [5.41, 5.74) is 3.78. The van der Waals surface area contributed by atoms with Crippen molar-refractivity contribution in [2.24, 2.45) is 0 Å². The molecule has 4 heteroatoms. The van der Waals surface area contributed by atoms with Crippen LogP contribution in [0.5, 0.6) is 17.2 Å². The summed E-state index contributed by atoms with van der Waals surface area (Å²) >= 11 is 0. The summed E-state index contributed by atoms with van der Waals surface area (Å²) in [5, 5.41) is 9.79. The third-order valence-corrected chi connectivity index (χ3v) is 4.58. The Kier molecular flexibility index (Phi) is 5.39. The normalized spacial score (nSPS) is 14.3. The van der Waals surface area contributed by atoms with E-state index in [1.165, 1.54) is 17.2 Å². The third kappa shape index (κ3) is 3.68. The Morgan fingerprint density at radius 1 is 1.04 bits per heavy atom. The minimum atomic E-state index is -0.0601. The van der Waals surface area contributed by atoms with Crippen molar-refractivity contribution in [3.8, 4) is 17.2 Å². The zero-order valence-electron chi connectivity index (χ0n) is 14.3. The second-order valence-electron chi connectivity index (χ2n) is 6.08. The van der Waals surface area contributed by atoms with E-state index < -0.39 is 0 Å². The van der Waals surface area contributed by atoms with Crippen molar-refractivity contribution in [3.05, 3.63) is 59.2 Å². The Balaban J connectivity index is 1.90. The number of para-hydroxylation sites is 1. The molecule has 0 aliphatic heterocycles. The van der Waals surface area contributed by atoms with Gasteiger partial charge in [-0.05, 0) is 55.0 Å². The maximum Gasteiger partial charge on any atom is 0.157 e. The van der Waals surface area contributed by atoms with E-state index in [-0.39, 0.29) is 11.3 Å². The summed E-state index contributed by atoms with van der Waals surface area (Å²) in [7, 11) is 1.68. The van der Waals surface area contributed by atoms with Crippen LogP contribution < -0.4 is 9.47 Å². The molecule has 1 N–H and O–H groups in total. The maximum atomic E-state index is 11.2. The highest BCUT2D eigenvalue weighted by atomic mass is 16.5. The van der Waals surface area contributed by atoms with Crippen LogP contribution in [0.25, 0.3) is 5.57 Å². The van der Waals surface area contributed by atoms with Crippen molar-refractivity contribution in [2.45, 2.75) is 25.7 Å². The molecule has 0 bridgehead atoms. The van der Waals surface area contributed by atoms with Crippen LogP contribution in [0.3, 0.4) is 0 Å². The van der Waals surface area contributed by atoms with Gasteiger partial charge in [-0.3, -0.25) is 4.79 Å². The monoisotopic (exact) mass is 338 g/mol. The number of benzene rings is 2. The number of allylic oxidation sites excluding steroid dienone is 1. The van der Waals surface area contributed by atoms with Gasteiger partial charge in [-0.2, -0.15) is 0 Å². The van der Waals surface area contributed by atoms with Crippen molar-refractivity contribution >= 4 is 11.9 Å². The van der Waals surface area contributed by atoms with Crippen LogP contribution in [0.2, 0.25) is 0 Å². The van der Waals surface area contributed by atoms with Crippen LogP contribution in [-0.2, 0) is 0 Å². The lowest BCUT2D eigenvalue weighted by Gasteiger charge is -2.22. The summed E-state index contributed by atoms with van der Waals surface area (Å²) < 4.78 is 11.4. The Hall–Kier alpha value is -2.75. The summed E-state index contributed by atoms with van der Waals surface area (Å²) in [6.07, 6.45) is 4.84. The second-order valence-corrected chi connectivity index (χ2v) is 6.08. The lowest BCUT2D eigenvalue weighted by molar-refractivity contribution is 0.111. The minimum Gasteiger partial charge on any atom is -0.507 e. The molecule has 0 amide bonds. The number of methoxy groups -OCH3 is 1. The molecule has 0 unspecified atom stereocenters. The van der Waals surface area contributed by atoms with Gasteiger partial charge in [0.25, 0.3) is 0 Å². The average Bonchev–Trinajstić information content (AvgIpc) is 2.66. The Labute approximate surface area is 147 Å². The summed E-state index contributed by atoms with van der Waals surface area (Å²) in [6, 6.07) is 12.9. The number of carbonyl (C=O) groups is 1. The quantitative estimate of drug-likeness (QED) is 0.781. The van der Waals surface area contributed by atoms with Crippen molar-refractivity contribution in [3.63, 3.8) is 0 Å². The molecule has 2 aromatic rings. The molecule has 1 aliphatic rings. The van der Waals surface area contributed by atoms with Crippen LogP contribution in [0.1, 0.15) is 41.6 Å². The molecule has 0 saturated heterocycles. The van der Waals surface area contributed by atoms with E-state index in [0.717, 1.165) is 37.0 Å². The molecule has 0 radical (unpaired) electrons. The van der Waals surface area contributed by atoms with E-state index in [0.29, 0.717) is 18.6 Å². The number of carbonyl (C=O) groups excluding carboxylic acids is 1. The van der Waals surface area contributed by atoms with Gasteiger partial charge in [0, 0.05) is 5.56 Å². The molecular weight excluding hydrogens is 316 g/mol. The molecule has 1 aliphatic carbocycles. The standard InChI is InChI=1S/C21H22O4/c1-24-20-11-5-4-9-17(20)16-8-3-2-7-15(16)14-25-21-12-6-10-19(23)18(21)13-22/h4-6,9-13,23H,2-3,7-8,14H2,1H3. The third-order valence-electron chi connectivity index (χ3n) is 4.58. The van der Waals surface area contributed by atoms with Gasteiger partial charge in [-0.15, -0.1) is 0 Å². The first kappa shape index (κ1) is 17.1. The first-order valence-corrected chi connectivity index (χ1v) is 8.49. The van der Waals surface area contributed by atoms with E-state index >= 15 is 0 Å². The highest BCUT2D eigenvalue weighted by Crippen LogP contribution is 2.37. The van der Waals surface area contributed by atoms with Crippen LogP contribution in [0.15, 0.2) is 48.0 Å². The van der Waals surface area contributed by atoms with Gasteiger partial charge < -0.3 is 14.6 Å². The fourth-order valence-electron chi connectivity index (χ4n) is 3.29. The van der Waals surface area contributed by atoms with E-state index in [9.17, 15) is 9.90 Å². The molecule has 2 aromatic carbocycles. The van der Waals surface area contributed by atoms with Crippen molar-refractivity contribution in [1.82, 2.24) is 0 Å². The van der Waals surface area contributed by atoms with Gasteiger partial charge in [0.2, 0.25) is 0 Å². The Morgan fingerprint density at radius 2 is 1.80 bits per heavy atom. The van der Waals surface area contributed by atoms with Crippen molar-refractivity contribution < 1.29 is 19.4 Å². The number of hydrogen-bond acceptors (Lipinski definition) is 4. The number of aldehydes is 1. The largest absolute Gasteiger partial charge is 0.507 e. The Morgan fingerprint density at radius 3 is 2.60 bits per heavy atom. The lowest BCUT2D eigenvalue weighted by atomic mass is 9.87. The van der Waals surface area contributed by atoms with E-state index in [2.05, 4.69) is 6.07 Å². The van der Waals surface area contributed by atoms with Crippen LogP contribution in [0.4, 0.5) is 0 Å². The number of rotatable bonds is 6. The van der Waals surface area contributed by atoms with Gasteiger partial charge in [0.05, 0.1) is 12.7 Å². The molecule has 25 heavy (non-hydrogen) atoms. The molecule has 3 rings (SSSR count). The van der Waals surface area contributed by atoms with E-state index in [1.54, 1.807) is 19.2 Å². The molecule has 0 aromatic heterocycles. The van der Waals surface area contributed by atoms with Crippen LogP contribution in [0, 0.1) is 0 Å². The SMILES string of the molecule is COc1ccccc1C1=C(COc2cccc(O)c2C=O)CCCC1. The first-order valence-electron chi connectivity index (χ1n) is 8.49. The Bertz CT molecular complexity index is 792.